The standard InChI is InChI=1S/C4H3O4/c1-2-7-4(6)8-3-5/h2H,1H2. The topological polar surface area (TPSA) is 52.6 Å². The molecule has 0 aromatic heterocycles. The minimum absolute atomic E-state index is 0.847. The quantitative estimate of drug-likeness (QED) is 0.296. The van der Waals surface area contributed by atoms with Gasteiger partial charge in [0.05, 0.1) is 6.26 Å². The van der Waals surface area contributed by atoms with Crippen molar-refractivity contribution >= 4 is 12.6 Å². The third-order valence-electron chi connectivity index (χ3n) is 0.305. The van der Waals surface area contributed by atoms with Gasteiger partial charge in [0.15, 0.2) is 0 Å². The smallest absolute Gasteiger partial charge is 0.403 e. The van der Waals surface area contributed by atoms with Crippen LogP contribution < -0.4 is 0 Å². The van der Waals surface area contributed by atoms with Gasteiger partial charge >= 0.3 is 12.6 Å². The lowest BCUT2D eigenvalue weighted by Gasteiger charge is -1.88. The molecule has 0 aromatic carbocycles. The molecule has 0 fully saturated rings. The lowest BCUT2D eigenvalue weighted by molar-refractivity contribution is 0.130. The molecule has 0 unspecified atom stereocenters. The molecule has 0 aliphatic heterocycles. The molecule has 0 bridgehead atoms. The number of carbonyl (C=O) groups is 1. The molecule has 0 saturated carbocycles. The van der Waals surface area contributed by atoms with Crippen LogP contribution in [0.5, 0.6) is 0 Å². The van der Waals surface area contributed by atoms with Gasteiger partial charge in [-0.25, -0.2) is 9.59 Å². The Morgan fingerprint density at radius 2 is 2.38 bits per heavy atom. The van der Waals surface area contributed by atoms with Crippen LogP contribution >= 0.6 is 0 Å². The van der Waals surface area contributed by atoms with E-state index in [1.165, 1.54) is 0 Å². The van der Waals surface area contributed by atoms with Crippen molar-refractivity contribution in [3.8, 4) is 0 Å². The van der Waals surface area contributed by atoms with E-state index in [9.17, 15) is 9.59 Å². The van der Waals surface area contributed by atoms with Crippen molar-refractivity contribution in [2.24, 2.45) is 0 Å². The fraction of sp³-hybridized carbons (Fsp3) is 0. The molecule has 4 heteroatoms. The van der Waals surface area contributed by atoms with E-state index >= 15 is 0 Å². The highest BCUT2D eigenvalue weighted by molar-refractivity contribution is 5.69. The summed E-state index contributed by atoms with van der Waals surface area (Å²) in [6.45, 7) is 3.91. The van der Waals surface area contributed by atoms with Crippen molar-refractivity contribution in [3.05, 3.63) is 12.8 Å². The Hall–Kier alpha value is -1.32. The van der Waals surface area contributed by atoms with Gasteiger partial charge in [-0.1, -0.05) is 6.58 Å². The summed E-state index contributed by atoms with van der Waals surface area (Å²) in [4.78, 5) is 19.1. The molecule has 1 radical (unpaired) electrons. The van der Waals surface area contributed by atoms with Gasteiger partial charge < -0.3 is 9.47 Å². The summed E-state index contributed by atoms with van der Waals surface area (Å²) in [5.41, 5.74) is 0. The Kier molecular flexibility index (Phi) is 3.22. The van der Waals surface area contributed by atoms with Gasteiger partial charge in [0, 0.05) is 0 Å². The van der Waals surface area contributed by atoms with E-state index in [-0.39, 0.29) is 0 Å². The first-order valence-electron chi connectivity index (χ1n) is 1.66. The molecule has 0 aromatic rings. The molecule has 0 rings (SSSR count). The van der Waals surface area contributed by atoms with E-state index in [4.69, 9.17) is 0 Å². The Labute approximate surface area is 45.7 Å². The monoisotopic (exact) mass is 115 g/mol. The van der Waals surface area contributed by atoms with Gasteiger partial charge in [0.2, 0.25) is 0 Å². The lowest BCUT2D eigenvalue weighted by Crippen LogP contribution is -2.00. The third kappa shape index (κ3) is 2.89. The average Bonchev–Trinajstić information content (AvgIpc) is 1.68. The second-order valence-corrected chi connectivity index (χ2v) is 0.720. The van der Waals surface area contributed by atoms with Gasteiger partial charge in [-0.15, -0.1) is 0 Å². The van der Waals surface area contributed by atoms with Crippen molar-refractivity contribution in [2.75, 3.05) is 0 Å². The van der Waals surface area contributed by atoms with Crippen LogP contribution in [0, 0.1) is 0 Å². The van der Waals surface area contributed by atoms with Crippen molar-refractivity contribution in [1.82, 2.24) is 0 Å². The highest BCUT2D eigenvalue weighted by Crippen LogP contribution is 1.79. The highest BCUT2D eigenvalue weighted by Gasteiger charge is 1.97. The number of carbonyl (C=O) groups excluding carboxylic acids is 2. The normalized spacial score (nSPS) is 7.00. The van der Waals surface area contributed by atoms with Gasteiger partial charge in [-0.2, -0.15) is 0 Å². The third-order valence-corrected chi connectivity index (χ3v) is 0.305. The van der Waals surface area contributed by atoms with Crippen LogP contribution in [0.15, 0.2) is 12.8 Å². The zero-order chi connectivity index (χ0) is 6.41. The van der Waals surface area contributed by atoms with Gasteiger partial charge in [-0.05, 0) is 0 Å². The lowest BCUT2D eigenvalue weighted by atomic mass is 11.1. The maximum absolute atomic E-state index is 9.86. The largest absolute Gasteiger partial charge is 0.521 e. The number of hydrogen-bond acceptors (Lipinski definition) is 4. The second-order valence-electron chi connectivity index (χ2n) is 0.720. The molecule has 4 nitrogen and oxygen atoms in total. The summed E-state index contributed by atoms with van der Waals surface area (Å²) in [6.07, 6.45) is -0.283. The van der Waals surface area contributed by atoms with E-state index in [1.807, 2.05) is 0 Å². The Balaban J connectivity index is 3.32. The van der Waals surface area contributed by atoms with Crippen molar-refractivity contribution in [2.45, 2.75) is 0 Å². The van der Waals surface area contributed by atoms with Crippen LogP contribution in [0.3, 0.4) is 0 Å². The minimum atomic E-state index is -1.13. The Bertz CT molecular complexity index is 94.6. The summed E-state index contributed by atoms with van der Waals surface area (Å²) in [6, 6.07) is 0. The number of hydrogen-bond donors (Lipinski definition) is 0. The number of ether oxygens (including phenoxy) is 2. The van der Waals surface area contributed by atoms with Crippen molar-refractivity contribution in [3.63, 3.8) is 0 Å². The number of rotatable bonds is 2. The fourth-order valence-electron chi connectivity index (χ4n) is 0.126. The van der Waals surface area contributed by atoms with Crippen LogP contribution in [-0.4, -0.2) is 12.6 Å². The Morgan fingerprint density at radius 1 is 1.75 bits per heavy atom. The molecule has 0 amide bonds. The molecular formula is C4H3O4. The first kappa shape index (κ1) is 6.68. The second kappa shape index (κ2) is 3.86. The van der Waals surface area contributed by atoms with E-state index < -0.39 is 6.16 Å². The SMILES string of the molecule is C=COC(=O)O[C]=O. The van der Waals surface area contributed by atoms with E-state index in [0.717, 1.165) is 12.7 Å². The molecule has 0 heterocycles. The first-order chi connectivity index (χ1) is 3.81. The maximum Gasteiger partial charge on any atom is 0.521 e. The summed E-state index contributed by atoms with van der Waals surface area (Å²) in [7, 11) is 0. The summed E-state index contributed by atoms with van der Waals surface area (Å²) < 4.78 is 7.47. The van der Waals surface area contributed by atoms with Gasteiger partial charge in [0.1, 0.15) is 0 Å². The van der Waals surface area contributed by atoms with Gasteiger partial charge in [0.25, 0.3) is 0 Å². The zero-order valence-electron chi connectivity index (χ0n) is 3.92. The first-order valence-corrected chi connectivity index (χ1v) is 1.66. The van der Waals surface area contributed by atoms with Crippen LogP contribution in [0.25, 0.3) is 0 Å². The molecule has 0 atom stereocenters. The van der Waals surface area contributed by atoms with Crippen molar-refractivity contribution in [1.29, 1.82) is 0 Å². The predicted octanol–water partition coefficient (Wildman–Crippen LogP) is 0.350. The molecule has 8 heavy (non-hydrogen) atoms. The predicted molar refractivity (Wildman–Crippen MR) is 23.5 cm³/mol. The molecule has 0 N–H and O–H groups in total. The Morgan fingerprint density at radius 3 is 2.75 bits per heavy atom. The minimum Gasteiger partial charge on any atom is -0.403 e. The van der Waals surface area contributed by atoms with Crippen LogP contribution in [0.1, 0.15) is 0 Å². The molecule has 43 valence electrons. The molecular weight excluding hydrogens is 112 g/mol. The van der Waals surface area contributed by atoms with Crippen LogP contribution in [0.4, 0.5) is 4.79 Å². The summed E-state index contributed by atoms with van der Waals surface area (Å²) >= 11 is 0. The van der Waals surface area contributed by atoms with Gasteiger partial charge in [-0.3, -0.25) is 0 Å². The highest BCUT2D eigenvalue weighted by atomic mass is 16.7. The van der Waals surface area contributed by atoms with Crippen molar-refractivity contribution < 1.29 is 19.1 Å². The van der Waals surface area contributed by atoms with Crippen LogP contribution in [0.2, 0.25) is 0 Å². The summed E-state index contributed by atoms with van der Waals surface area (Å²) in [5, 5.41) is 0. The fourth-order valence-corrected chi connectivity index (χ4v) is 0.126. The van der Waals surface area contributed by atoms with E-state index in [0.29, 0.717) is 0 Å². The molecule has 0 aliphatic carbocycles. The molecule has 0 aliphatic rings. The summed E-state index contributed by atoms with van der Waals surface area (Å²) in [5.74, 6) is 0. The maximum atomic E-state index is 9.86. The van der Waals surface area contributed by atoms with Crippen LogP contribution in [-0.2, 0) is 14.3 Å². The molecule has 0 saturated heterocycles. The molecule has 0 spiro atoms. The van der Waals surface area contributed by atoms with E-state index in [1.54, 1.807) is 0 Å². The average molecular weight is 115 g/mol. The zero-order valence-corrected chi connectivity index (χ0v) is 3.92. The van der Waals surface area contributed by atoms with E-state index in [2.05, 4.69) is 16.1 Å².